The third-order valence-electron chi connectivity index (χ3n) is 10.1. The minimum Gasteiger partial charge on any atom is -0.294 e. The number of rotatable bonds is 3. The predicted octanol–water partition coefficient (Wildman–Crippen LogP) is 10.7. The average Bonchev–Trinajstić information content (AvgIpc) is 3.52. The Bertz CT molecular complexity index is 2900. The van der Waals surface area contributed by atoms with Crippen molar-refractivity contribution in [2.45, 2.75) is 23.1 Å². The molecule has 8 aromatic carbocycles. The van der Waals surface area contributed by atoms with Gasteiger partial charge in [0.2, 0.25) is 9.84 Å². The maximum absolute atomic E-state index is 14.0. The molecule has 0 radical (unpaired) electrons. The first-order valence-corrected chi connectivity index (χ1v) is 17.8. The smallest absolute Gasteiger partial charge is 0.210 e. The van der Waals surface area contributed by atoms with Crippen LogP contribution in [-0.4, -0.2) is 18.0 Å². The van der Waals surface area contributed by atoms with Crippen LogP contribution in [0.3, 0.4) is 0 Å². The van der Waals surface area contributed by atoms with Crippen LogP contribution in [0.1, 0.15) is 12.7 Å². The van der Waals surface area contributed by atoms with Gasteiger partial charge in [-0.25, -0.2) is 13.4 Å². The monoisotopic (exact) mass is 636 g/mol. The molecule has 1 aliphatic rings. The zero-order valence-corrected chi connectivity index (χ0v) is 26.9. The van der Waals surface area contributed by atoms with E-state index in [4.69, 9.17) is 4.98 Å². The summed E-state index contributed by atoms with van der Waals surface area (Å²) in [5.74, 6) is 0.847. The number of fused-ring (bicyclic) bond motifs is 7. The molecule has 1 aliphatic heterocycles. The molecular weight excluding hydrogens is 609 g/mol. The number of sulfone groups is 1. The minimum absolute atomic E-state index is 0.313. The van der Waals surface area contributed by atoms with Gasteiger partial charge in [0.25, 0.3) is 0 Å². The quantitative estimate of drug-likeness (QED) is 0.143. The fraction of sp³-hybridized carbons (Fsp3) is 0.0465. The fourth-order valence-corrected chi connectivity index (χ4v) is 9.58. The number of benzene rings is 8. The van der Waals surface area contributed by atoms with Gasteiger partial charge >= 0.3 is 0 Å². The molecule has 0 saturated heterocycles. The molecular formula is C43H28N2O2S. The van der Waals surface area contributed by atoms with Gasteiger partial charge in [-0.15, -0.1) is 0 Å². The summed E-state index contributed by atoms with van der Waals surface area (Å²) in [6.45, 7) is 2.06. The van der Waals surface area contributed by atoms with E-state index in [1.54, 1.807) is 18.2 Å². The molecule has 9 aromatic rings. The Labute approximate surface area is 277 Å². The van der Waals surface area contributed by atoms with E-state index in [9.17, 15) is 8.42 Å². The van der Waals surface area contributed by atoms with Crippen molar-refractivity contribution in [2.24, 2.45) is 0 Å². The van der Waals surface area contributed by atoms with Crippen LogP contribution in [0.5, 0.6) is 0 Å². The molecule has 0 bridgehead atoms. The molecule has 0 atom stereocenters. The van der Waals surface area contributed by atoms with Crippen LogP contribution in [0.4, 0.5) is 0 Å². The highest BCUT2D eigenvalue weighted by molar-refractivity contribution is 7.92. The maximum atomic E-state index is 14.0. The van der Waals surface area contributed by atoms with Crippen molar-refractivity contribution in [1.82, 2.24) is 9.55 Å². The van der Waals surface area contributed by atoms with Crippen LogP contribution in [0, 0.1) is 0 Å². The molecule has 4 nitrogen and oxygen atoms in total. The molecule has 1 aromatic heterocycles. The highest BCUT2D eigenvalue weighted by Crippen LogP contribution is 2.47. The average molecular weight is 637 g/mol. The lowest BCUT2D eigenvalue weighted by Gasteiger charge is -2.23. The minimum atomic E-state index is -3.72. The second-order valence-electron chi connectivity index (χ2n) is 12.6. The van der Waals surface area contributed by atoms with Gasteiger partial charge in [-0.05, 0) is 95.7 Å². The third-order valence-corrected chi connectivity index (χ3v) is 11.9. The van der Waals surface area contributed by atoms with Gasteiger partial charge in [-0.1, -0.05) is 116 Å². The van der Waals surface area contributed by atoms with Crippen LogP contribution in [0.2, 0.25) is 0 Å². The second-order valence-corrected chi connectivity index (χ2v) is 14.5. The highest BCUT2D eigenvalue weighted by atomic mass is 32.2. The number of imidazole rings is 1. The standard InChI is InChI=1S/C43H28N2O2S/c1-2-40-44-36-16-9-17-39-43(36)45(40)37-25-29(22-23-38(37)48(39,46)47)42-33-14-7-5-12-31(33)41(32-13-6-8-15-34(32)42)28-21-20-27-19-18-26-10-3-4-11-30(26)35(27)24-28/h3-25H,2H2,1H3. The first-order chi connectivity index (χ1) is 23.5. The van der Waals surface area contributed by atoms with Gasteiger partial charge in [-0.3, -0.25) is 4.57 Å². The summed E-state index contributed by atoms with van der Waals surface area (Å²) in [4.78, 5) is 5.48. The topological polar surface area (TPSA) is 52.0 Å². The van der Waals surface area contributed by atoms with Crippen LogP contribution < -0.4 is 0 Å². The summed E-state index contributed by atoms with van der Waals surface area (Å²) in [5.41, 5.74) is 6.43. The van der Waals surface area contributed by atoms with Crippen molar-refractivity contribution in [3.63, 3.8) is 0 Å². The first kappa shape index (κ1) is 27.3. The van der Waals surface area contributed by atoms with Crippen molar-refractivity contribution >= 4 is 64.0 Å². The van der Waals surface area contributed by atoms with Crippen molar-refractivity contribution in [2.75, 3.05) is 0 Å². The predicted molar refractivity (Wildman–Crippen MR) is 197 cm³/mol. The van der Waals surface area contributed by atoms with E-state index in [1.807, 2.05) is 12.1 Å². The second kappa shape index (κ2) is 9.86. The molecule has 0 saturated carbocycles. The van der Waals surface area contributed by atoms with Crippen molar-refractivity contribution in [3.8, 4) is 27.9 Å². The van der Waals surface area contributed by atoms with Gasteiger partial charge in [0.05, 0.1) is 26.5 Å². The Balaban J connectivity index is 1.28. The summed E-state index contributed by atoms with van der Waals surface area (Å²) in [5, 5.41) is 9.47. The lowest BCUT2D eigenvalue weighted by molar-refractivity contribution is 0.594. The largest absolute Gasteiger partial charge is 0.294 e. The lowest BCUT2D eigenvalue weighted by Crippen LogP contribution is -2.16. The van der Waals surface area contributed by atoms with E-state index in [0.29, 0.717) is 32.9 Å². The van der Waals surface area contributed by atoms with Gasteiger partial charge in [0, 0.05) is 6.42 Å². The summed E-state index contributed by atoms with van der Waals surface area (Å²) in [7, 11) is -3.72. The highest BCUT2D eigenvalue weighted by Gasteiger charge is 2.33. The van der Waals surface area contributed by atoms with Gasteiger partial charge in [0.15, 0.2) is 0 Å². The molecule has 48 heavy (non-hydrogen) atoms. The van der Waals surface area contributed by atoms with Gasteiger partial charge in [0.1, 0.15) is 5.82 Å². The summed E-state index contributed by atoms with van der Waals surface area (Å²) >= 11 is 0. The zero-order valence-electron chi connectivity index (χ0n) is 26.1. The molecule has 5 heteroatoms. The van der Waals surface area contributed by atoms with Crippen LogP contribution in [-0.2, 0) is 16.3 Å². The maximum Gasteiger partial charge on any atom is 0.210 e. The van der Waals surface area contributed by atoms with Gasteiger partial charge in [-0.2, -0.15) is 0 Å². The van der Waals surface area contributed by atoms with Crippen LogP contribution in [0.15, 0.2) is 149 Å². The zero-order chi connectivity index (χ0) is 32.1. The number of aromatic nitrogens is 2. The molecule has 2 heterocycles. The van der Waals surface area contributed by atoms with E-state index in [0.717, 1.165) is 38.5 Å². The number of aryl methyl sites for hydroxylation is 1. The fourth-order valence-electron chi connectivity index (χ4n) is 7.96. The molecule has 0 unspecified atom stereocenters. The first-order valence-electron chi connectivity index (χ1n) is 16.3. The Morgan fingerprint density at radius 3 is 1.77 bits per heavy atom. The van der Waals surface area contributed by atoms with E-state index in [-0.39, 0.29) is 0 Å². The van der Waals surface area contributed by atoms with Crippen molar-refractivity contribution < 1.29 is 8.42 Å². The molecule has 0 aliphatic carbocycles. The summed E-state index contributed by atoms with van der Waals surface area (Å²) < 4.78 is 30.0. The molecule has 0 fully saturated rings. The Morgan fingerprint density at radius 2 is 1.10 bits per heavy atom. The van der Waals surface area contributed by atoms with Crippen LogP contribution in [0.25, 0.3) is 82.1 Å². The summed E-state index contributed by atoms with van der Waals surface area (Å²) in [6.07, 6.45) is 0.680. The Kier molecular flexibility index (Phi) is 5.62. The number of nitrogens with zero attached hydrogens (tertiary/aromatic N) is 2. The molecule has 0 spiro atoms. The third kappa shape index (κ3) is 3.65. The Hall–Kier alpha value is -5.78. The Morgan fingerprint density at radius 1 is 0.542 bits per heavy atom. The number of hydrogen-bond donors (Lipinski definition) is 0. The summed E-state index contributed by atoms with van der Waals surface area (Å²) in [6, 6.07) is 48.1. The van der Waals surface area contributed by atoms with E-state index >= 15 is 0 Å². The number of para-hydroxylation sites is 1. The van der Waals surface area contributed by atoms with Gasteiger partial charge < -0.3 is 0 Å². The normalized spacial score (nSPS) is 13.5. The molecule has 10 rings (SSSR count). The van der Waals surface area contributed by atoms with Crippen LogP contribution >= 0.6 is 0 Å². The van der Waals surface area contributed by atoms with E-state index in [2.05, 4.69) is 121 Å². The van der Waals surface area contributed by atoms with Crippen molar-refractivity contribution in [3.05, 3.63) is 145 Å². The van der Waals surface area contributed by atoms with E-state index < -0.39 is 9.84 Å². The van der Waals surface area contributed by atoms with Crippen molar-refractivity contribution in [1.29, 1.82) is 0 Å². The lowest BCUT2D eigenvalue weighted by atomic mass is 9.85. The number of hydrogen-bond acceptors (Lipinski definition) is 3. The SMILES string of the molecule is CCc1nc2cccc3c2n1-c1cc(-c2c4ccccc4c(-c4ccc5ccc6ccccc6c5c4)c4ccccc24)ccc1S3(=O)=O. The molecule has 0 N–H and O–H groups in total. The molecule has 0 amide bonds. The molecule has 228 valence electrons. The van der Waals surface area contributed by atoms with E-state index in [1.165, 1.54) is 32.7 Å².